The van der Waals surface area contributed by atoms with Crippen molar-refractivity contribution in [2.75, 3.05) is 0 Å². The molecule has 2 atom stereocenters. The van der Waals surface area contributed by atoms with Gasteiger partial charge in [0.05, 0.1) is 11.2 Å². The normalized spacial score (nSPS) is 30.3. The van der Waals surface area contributed by atoms with Crippen molar-refractivity contribution in [2.45, 2.75) is 69.9 Å². The summed E-state index contributed by atoms with van der Waals surface area (Å²) in [6.45, 7) is 7.75. The van der Waals surface area contributed by atoms with Crippen LogP contribution in [0, 0.1) is 0 Å². The van der Waals surface area contributed by atoms with Gasteiger partial charge in [-0.2, -0.15) is 0 Å². The molecule has 1 heterocycles. The lowest BCUT2D eigenvalue weighted by molar-refractivity contribution is -0.194. The first-order valence-electron chi connectivity index (χ1n) is 8.04. The first-order valence-corrected chi connectivity index (χ1v) is 8.04. The van der Waals surface area contributed by atoms with Crippen molar-refractivity contribution in [3.63, 3.8) is 0 Å². The van der Waals surface area contributed by atoms with Gasteiger partial charge < -0.3 is 14.9 Å². The van der Waals surface area contributed by atoms with E-state index in [2.05, 4.69) is 13.8 Å². The summed E-state index contributed by atoms with van der Waals surface area (Å²) in [5.74, 6) is 0. The monoisotopic (exact) mass is 302 g/mol. The maximum Gasteiger partial charge on any atom is 0.120 e. The Morgan fingerprint density at radius 2 is 1.91 bits per heavy atom. The van der Waals surface area contributed by atoms with Gasteiger partial charge >= 0.3 is 0 Å². The molecule has 0 radical (unpaired) electrons. The van der Waals surface area contributed by atoms with Crippen molar-refractivity contribution in [3.8, 4) is 0 Å². The van der Waals surface area contributed by atoms with Crippen LogP contribution < -0.4 is 0 Å². The van der Waals surface area contributed by atoms with Crippen LogP contribution >= 0.6 is 0 Å². The van der Waals surface area contributed by atoms with E-state index in [1.165, 1.54) is 0 Å². The summed E-state index contributed by atoms with van der Waals surface area (Å²) in [4.78, 5) is 0. The Hall–Kier alpha value is -1.16. The van der Waals surface area contributed by atoms with Gasteiger partial charge in [0.15, 0.2) is 0 Å². The predicted octanol–water partition coefficient (Wildman–Crippen LogP) is 3.39. The fraction of sp³-hybridized carbons (Fsp3) is 0.579. The van der Waals surface area contributed by atoms with Crippen molar-refractivity contribution in [3.05, 3.63) is 41.5 Å². The minimum atomic E-state index is -0.963. The second-order valence-electron chi connectivity index (χ2n) is 7.95. The zero-order chi connectivity index (χ0) is 16.2. The minimum Gasteiger partial charge on any atom is -0.390 e. The number of benzene rings is 1. The quantitative estimate of drug-likeness (QED) is 0.880. The van der Waals surface area contributed by atoms with Crippen molar-refractivity contribution < 1.29 is 14.9 Å². The van der Waals surface area contributed by atoms with E-state index in [-0.39, 0.29) is 11.7 Å². The van der Waals surface area contributed by atoms with Crippen LogP contribution in [0.15, 0.2) is 30.3 Å². The first kappa shape index (κ1) is 15.7. The van der Waals surface area contributed by atoms with Crippen molar-refractivity contribution in [2.24, 2.45) is 0 Å². The predicted molar refractivity (Wildman–Crippen MR) is 87.4 cm³/mol. The van der Waals surface area contributed by atoms with Gasteiger partial charge in [0.1, 0.15) is 11.7 Å². The van der Waals surface area contributed by atoms with Gasteiger partial charge in [0, 0.05) is 6.42 Å². The zero-order valence-electron chi connectivity index (χ0n) is 13.9. The molecule has 0 spiro atoms. The largest absolute Gasteiger partial charge is 0.390 e. The van der Waals surface area contributed by atoms with Gasteiger partial charge in [0.25, 0.3) is 0 Å². The molecule has 3 nitrogen and oxygen atoms in total. The molecule has 22 heavy (non-hydrogen) atoms. The number of hydrogen-bond acceptors (Lipinski definition) is 3. The average Bonchev–Trinajstić information content (AvgIpc) is 2.40. The molecule has 1 aromatic carbocycles. The summed E-state index contributed by atoms with van der Waals surface area (Å²) in [6.07, 6.45) is 3.71. The molecule has 3 rings (SSSR count). The Bertz CT molecular complexity index is 609. The minimum absolute atomic E-state index is 0.237. The molecule has 0 bridgehead atoms. The Kier molecular flexibility index (Phi) is 3.52. The molecule has 1 aliphatic heterocycles. The summed E-state index contributed by atoms with van der Waals surface area (Å²) < 4.78 is 6.17. The molecule has 0 amide bonds. The Balaban J connectivity index is 2.09. The number of fused-ring (bicyclic) bond motifs is 3. The number of aliphatic hydroxyl groups is 2. The van der Waals surface area contributed by atoms with Crippen LogP contribution in [0.5, 0.6) is 0 Å². The molecular formula is C19H26O3. The molecule has 1 saturated heterocycles. The van der Waals surface area contributed by atoms with E-state index in [1.54, 1.807) is 0 Å². The molecule has 2 aliphatic rings. The van der Waals surface area contributed by atoms with Gasteiger partial charge in [-0.3, -0.25) is 0 Å². The second-order valence-corrected chi connectivity index (χ2v) is 7.95. The summed E-state index contributed by atoms with van der Waals surface area (Å²) in [6, 6.07) is 7.96. The first-order chi connectivity index (χ1) is 10.1. The van der Waals surface area contributed by atoms with E-state index >= 15 is 0 Å². The average molecular weight is 302 g/mol. The maximum atomic E-state index is 11.3. The maximum absolute atomic E-state index is 11.3. The van der Waals surface area contributed by atoms with Crippen LogP contribution in [0.1, 0.15) is 58.1 Å². The zero-order valence-corrected chi connectivity index (χ0v) is 13.9. The van der Waals surface area contributed by atoms with Crippen molar-refractivity contribution in [1.29, 1.82) is 0 Å². The highest BCUT2D eigenvalue weighted by Gasteiger charge is 2.49. The molecule has 1 aromatic rings. The molecule has 0 saturated carbocycles. The van der Waals surface area contributed by atoms with Gasteiger partial charge in [-0.1, -0.05) is 24.3 Å². The fourth-order valence-electron chi connectivity index (χ4n) is 3.63. The second kappa shape index (κ2) is 4.92. The molecule has 120 valence electrons. The molecule has 3 heteroatoms. The summed E-state index contributed by atoms with van der Waals surface area (Å²) in [5.41, 5.74) is 1.02. The summed E-state index contributed by atoms with van der Waals surface area (Å²) in [5, 5.41) is 21.5. The van der Waals surface area contributed by atoms with Crippen molar-refractivity contribution >= 4 is 5.57 Å². The summed E-state index contributed by atoms with van der Waals surface area (Å²) >= 11 is 0. The van der Waals surface area contributed by atoms with Gasteiger partial charge in [0.2, 0.25) is 0 Å². The Morgan fingerprint density at radius 3 is 2.59 bits per heavy atom. The standard InChI is InChI=1S/C19H26O3/c1-17(2,20)12-13-11-16-19(21,10-9-18(3,4)22-16)15-8-6-5-7-14(13)15/h5-8,11,16,20-21H,9-10,12H2,1-4H3/t16-,19-/m0/s1. The van der Waals surface area contributed by atoms with Gasteiger partial charge in [-0.25, -0.2) is 0 Å². The third-order valence-electron chi connectivity index (χ3n) is 4.74. The highest BCUT2D eigenvalue weighted by Crippen LogP contribution is 2.48. The van der Waals surface area contributed by atoms with Crippen LogP contribution in [0.2, 0.25) is 0 Å². The Labute approximate surface area is 132 Å². The third-order valence-corrected chi connectivity index (χ3v) is 4.74. The highest BCUT2D eigenvalue weighted by molar-refractivity contribution is 5.73. The van der Waals surface area contributed by atoms with E-state index in [0.29, 0.717) is 12.8 Å². The molecular weight excluding hydrogens is 276 g/mol. The number of ether oxygens (including phenoxy) is 1. The van der Waals surface area contributed by atoms with E-state index in [0.717, 1.165) is 23.1 Å². The van der Waals surface area contributed by atoms with Crippen LogP contribution in [0.3, 0.4) is 0 Å². The highest BCUT2D eigenvalue weighted by atomic mass is 16.5. The van der Waals surface area contributed by atoms with E-state index in [4.69, 9.17) is 4.74 Å². The third kappa shape index (κ3) is 2.73. The lowest BCUT2D eigenvalue weighted by Crippen LogP contribution is -2.52. The Morgan fingerprint density at radius 1 is 1.23 bits per heavy atom. The van der Waals surface area contributed by atoms with Gasteiger partial charge in [-0.05, 0) is 63.3 Å². The van der Waals surface area contributed by atoms with Crippen LogP contribution in [0.4, 0.5) is 0 Å². The molecule has 0 unspecified atom stereocenters. The van der Waals surface area contributed by atoms with Crippen LogP contribution in [-0.4, -0.2) is 27.5 Å². The fourth-order valence-corrected chi connectivity index (χ4v) is 3.63. The molecule has 2 N–H and O–H groups in total. The van der Waals surface area contributed by atoms with E-state index in [1.807, 2.05) is 44.2 Å². The van der Waals surface area contributed by atoms with E-state index < -0.39 is 11.2 Å². The molecule has 1 fully saturated rings. The van der Waals surface area contributed by atoms with Crippen molar-refractivity contribution in [1.82, 2.24) is 0 Å². The lowest BCUT2D eigenvalue weighted by Gasteiger charge is -2.49. The number of hydrogen-bond donors (Lipinski definition) is 2. The lowest BCUT2D eigenvalue weighted by atomic mass is 9.70. The van der Waals surface area contributed by atoms with Crippen LogP contribution in [0.25, 0.3) is 5.57 Å². The topological polar surface area (TPSA) is 49.7 Å². The summed E-state index contributed by atoms with van der Waals surface area (Å²) in [7, 11) is 0. The van der Waals surface area contributed by atoms with Crippen LogP contribution in [-0.2, 0) is 10.3 Å². The molecule has 1 aliphatic carbocycles. The number of rotatable bonds is 2. The molecule has 0 aromatic heterocycles. The smallest absolute Gasteiger partial charge is 0.120 e. The van der Waals surface area contributed by atoms with Gasteiger partial charge in [-0.15, -0.1) is 0 Å². The van der Waals surface area contributed by atoms with E-state index in [9.17, 15) is 10.2 Å². The SMILES string of the molecule is CC(C)(O)CC1=C[C@@H]2OC(C)(C)CC[C@]2(O)c2ccccc21.